The second-order valence-corrected chi connectivity index (χ2v) is 4.13. The van der Waals surface area contributed by atoms with Crippen LogP contribution in [0, 0.1) is 0 Å². The zero-order chi connectivity index (χ0) is 12.0. The van der Waals surface area contributed by atoms with Crippen molar-refractivity contribution in [1.82, 2.24) is 0 Å². The van der Waals surface area contributed by atoms with Crippen LogP contribution in [0.3, 0.4) is 0 Å². The normalized spacial score (nSPS) is 12.5. The van der Waals surface area contributed by atoms with Gasteiger partial charge in [0.05, 0.1) is 6.61 Å². The number of aliphatic hydroxyl groups is 1. The molecule has 1 rings (SSSR count). The van der Waals surface area contributed by atoms with Crippen molar-refractivity contribution in [1.29, 1.82) is 0 Å². The standard InChI is InChI=1S/C13H22N2O/c1-3-4-13(14)11-5-7-12(8-6-11)15(2)9-10-16/h5-8,13,16H,3-4,9-10,14H2,1-2H3/t13-/m1/s1. The first-order valence-corrected chi connectivity index (χ1v) is 5.86. The van der Waals surface area contributed by atoms with Crippen LogP contribution in [-0.2, 0) is 0 Å². The summed E-state index contributed by atoms with van der Waals surface area (Å²) in [6.07, 6.45) is 2.12. The van der Waals surface area contributed by atoms with Gasteiger partial charge in [-0.25, -0.2) is 0 Å². The van der Waals surface area contributed by atoms with Gasteiger partial charge in [-0.15, -0.1) is 0 Å². The minimum absolute atomic E-state index is 0.141. The Morgan fingerprint density at radius 2 is 1.94 bits per heavy atom. The van der Waals surface area contributed by atoms with Crippen LogP contribution in [0.4, 0.5) is 5.69 Å². The van der Waals surface area contributed by atoms with Gasteiger partial charge < -0.3 is 15.7 Å². The van der Waals surface area contributed by atoms with Crippen molar-refractivity contribution in [3.8, 4) is 0 Å². The molecule has 1 aromatic rings. The molecule has 0 bridgehead atoms. The molecular weight excluding hydrogens is 200 g/mol. The summed E-state index contributed by atoms with van der Waals surface area (Å²) in [6.45, 7) is 2.97. The highest BCUT2D eigenvalue weighted by molar-refractivity contribution is 5.47. The molecule has 0 saturated heterocycles. The van der Waals surface area contributed by atoms with Crippen molar-refractivity contribution in [2.75, 3.05) is 25.1 Å². The van der Waals surface area contributed by atoms with E-state index in [0.717, 1.165) is 18.5 Å². The summed E-state index contributed by atoms with van der Waals surface area (Å²) in [5.41, 5.74) is 8.33. The minimum atomic E-state index is 0.141. The summed E-state index contributed by atoms with van der Waals surface area (Å²) in [6, 6.07) is 8.40. The summed E-state index contributed by atoms with van der Waals surface area (Å²) >= 11 is 0. The molecule has 3 N–H and O–H groups in total. The molecule has 16 heavy (non-hydrogen) atoms. The monoisotopic (exact) mass is 222 g/mol. The summed E-state index contributed by atoms with van der Waals surface area (Å²) < 4.78 is 0. The molecule has 90 valence electrons. The first-order chi connectivity index (χ1) is 7.69. The van der Waals surface area contributed by atoms with Gasteiger partial charge in [-0.2, -0.15) is 0 Å². The first kappa shape index (κ1) is 13.0. The first-order valence-electron chi connectivity index (χ1n) is 5.86. The number of aliphatic hydroxyl groups excluding tert-OH is 1. The van der Waals surface area contributed by atoms with Crippen molar-refractivity contribution in [3.63, 3.8) is 0 Å². The van der Waals surface area contributed by atoms with Gasteiger partial charge >= 0.3 is 0 Å². The number of nitrogens with zero attached hydrogens (tertiary/aromatic N) is 1. The van der Waals surface area contributed by atoms with Gasteiger partial charge in [0.1, 0.15) is 0 Å². The number of anilines is 1. The number of rotatable bonds is 6. The van der Waals surface area contributed by atoms with Gasteiger partial charge in [-0.3, -0.25) is 0 Å². The minimum Gasteiger partial charge on any atom is -0.395 e. The van der Waals surface area contributed by atoms with Crippen molar-refractivity contribution < 1.29 is 5.11 Å². The second-order valence-electron chi connectivity index (χ2n) is 4.13. The molecule has 0 spiro atoms. The second kappa shape index (κ2) is 6.51. The summed E-state index contributed by atoms with van der Waals surface area (Å²) in [7, 11) is 1.97. The van der Waals surface area contributed by atoms with E-state index in [2.05, 4.69) is 31.2 Å². The van der Waals surface area contributed by atoms with E-state index < -0.39 is 0 Å². The Morgan fingerprint density at radius 3 is 2.44 bits per heavy atom. The van der Waals surface area contributed by atoms with Crippen molar-refractivity contribution in [3.05, 3.63) is 29.8 Å². The molecular formula is C13H22N2O. The number of likely N-dealkylation sites (N-methyl/N-ethyl adjacent to an activating group) is 1. The summed E-state index contributed by atoms with van der Waals surface area (Å²) in [5.74, 6) is 0. The van der Waals surface area contributed by atoms with Gasteiger partial charge in [0.2, 0.25) is 0 Å². The number of hydrogen-bond acceptors (Lipinski definition) is 3. The third kappa shape index (κ3) is 3.51. The Bertz CT molecular complexity index is 266. The van der Waals surface area contributed by atoms with Crippen molar-refractivity contribution >= 4 is 5.69 Å². The smallest absolute Gasteiger partial charge is 0.0606 e. The lowest BCUT2D eigenvalue weighted by Gasteiger charge is -2.19. The average Bonchev–Trinajstić information content (AvgIpc) is 2.30. The van der Waals surface area contributed by atoms with Crippen LogP contribution in [0.1, 0.15) is 31.4 Å². The Labute approximate surface area is 97.9 Å². The molecule has 0 unspecified atom stereocenters. The van der Waals surface area contributed by atoms with Crippen molar-refractivity contribution in [2.24, 2.45) is 5.73 Å². The lowest BCUT2D eigenvalue weighted by molar-refractivity contribution is 0.304. The highest BCUT2D eigenvalue weighted by atomic mass is 16.3. The predicted octanol–water partition coefficient (Wildman–Crippen LogP) is 1.92. The third-order valence-electron chi connectivity index (χ3n) is 2.80. The fraction of sp³-hybridized carbons (Fsp3) is 0.538. The average molecular weight is 222 g/mol. The van der Waals surface area contributed by atoms with E-state index in [9.17, 15) is 0 Å². The number of benzene rings is 1. The maximum atomic E-state index is 8.85. The lowest BCUT2D eigenvalue weighted by Crippen LogP contribution is -2.21. The molecule has 0 amide bonds. The van der Waals surface area contributed by atoms with Gasteiger partial charge in [0.15, 0.2) is 0 Å². The van der Waals surface area contributed by atoms with Crippen LogP contribution in [-0.4, -0.2) is 25.3 Å². The van der Waals surface area contributed by atoms with Crippen LogP contribution in [0.5, 0.6) is 0 Å². The molecule has 0 fully saturated rings. The Balaban J connectivity index is 2.67. The molecule has 0 saturated carbocycles. The maximum Gasteiger partial charge on any atom is 0.0606 e. The zero-order valence-electron chi connectivity index (χ0n) is 10.2. The molecule has 0 aliphatic heterocycles. The van der Waals surface area contributed by atoms with E-state index in [1.54, 1.807) is 0 Å². The van der Waals surface area contributed by atoms with Gasteiger partial charge in [-0.1, -0.05) is 25.5 Å². The van der Waals surface area contributed by atoms with Crippen LogP contribution >= 0.6 is 0 Å². The van der Waals surface area contributed by atoms with Crippen LogP contribution in [0.15, 0.2) is 24.3 Å². The van der Waals surface area contributed by atoms with E-state index in [1.165, 1.54) is 5.56 Å². The highest BCUT2D eigenvalue weighted by Crippen LogP contribution is 2.19. The molecule has 1 atom stereocenters. The summed E-state index contributed by atoms with van der Waals surface area (Å²) in [5, 5.41) is 8.85. The quantitative estimate of drug-likeness (QED) is 0.773. The fourth-order valence-electron chi connectivity index (χ4n) is 1.73. The summed E-state index contributed by atoms with van der Waals surface area (Å²) in [4.78, 5) is 2.02. The van der Waals surface area contributed by atoms with Crippen LogP contribution in [0.25, 0.3) is 0 Å². The SMILES string of the molecule is CCC[C@@H](N)c1ccc(N(C)CCO)cc1. The topological polar surface area (TPSA) is 49.5 Å². The molecule has 0 aromatic heterocycles. The Morgan fingerprint density at radius 1 is 1.31 bits per heavy atom. The van der Waals surface area contributed by atoms with Gasteiger partial charge in [-0.05, 0) is 24.1 Å². The van der Waals surface area contributed by atoms with Crippen LogP contribution in [0.2, 0.25) is 0 Å². The Kier molecular flexibility index (Phi) is 5.29. The predicted molar refractivity (Wildman–Crippen MR) is 68.6 cm³/mol. The largest absolute Gasteiger partial charge is 0.395 e. The molecule has 3 heteroatoms. The third-order valence-corrected chi connectivity index (χ3v) is 2.80. The van der Waals surface area contributed by atoms with E-state index in [0.29, 0.717) is 6.54 Å². The van der Waals surface area contributed by atoms with Gasteiger partial charge in [0.25, 0.3) is 0 Å². The van der Waals surface area contributed by atoms with E-state index in [4.69, 9.17) is 10.8 Å². The molecule has 3 nitrogen and oxygen atoms in total. The van der Waals surface area contributed by atoms with E-state index in [1.807, 2.05) is 11.9 Å². The molecule has 0 radical (unpaired) electrons. The van der Waals surface area contributed by atoms with E-state index >= 15 is 0 Å². The Hall–Kier alpha value is -1.06. The number of nitrogens with two attached hydrogens (primary N) is 1. The fourth-order valence-corrected chi connectivity index (χ4v) is 1.73. The molecule has 0 heterocycles. The molecule has 0 aliphatic rings. The molecule has 0 aliphatic carbocycles. The molecule has 1 aromatic carbocycles. The highest BCUT2D eigenvalue weighted by Gasteiger charge is 2.05. The number of hydrogen-bond donors (Lipinski definition) is 2. The zero-order valence-corrected chi connectivity index (χ0v) is 10.2. The van der Waals surface area contributed by atoms with Crippen molar-refractivity contribution in [2.45, 2.75) is 25.8 Å². The maximum absolute atomic E-state index is 8.85. The van der Waals surface area contributed by atoms with Gasteiger partial charge in [0, 0.05) is 25.3 Å². The van der Waals surface area contributed by atoms with Crippen LogP contribution < -0.4 is 10.6 Å². The van der Waals surface area contributed by atoms with E-state index in [-0.39, 0.29) is 12.6 Å². The lowest BCUT2D eigenvalue weighted by atomic mass is 10.0.